The van der Waals surface area contributed by atoms with E-state index in [-0.39, 0.29) is 5.41 Å². The number of hydrogen-bond acceptors (Lipinski definition) is 5. The molecule has 0 bridgehead atoms. The number of rotatable bonds is 10. The molecule has 0 N–H and O–H groups in total. The molecule has 6 nitrogen and oxygen atoms in total. The molecule has 0 aromatic heterocycles. The van der Waals surface area contributed by atoms with E-state index in [1.165, 1.54) is 7.11 Å². The van der Waals surface area contributed by atoms with Crippen molar-refractivity contribution in [1.29, 1.82) is 0 Å². The summed E-state index contributed by atoms with van der Waals surface area (Å²) in [6.45, 7) is 9.56. The molecular formula is C14H34N2O4P+. The van der Waals surface area contributed by atoms with Crippen molar-refractivity contribution in [2.24, 2.45) is 5.41 Å². The van der Waals surface area contributed by atoms with Crippen LogP contribution in [0.2, 0.25) is 0 Å². The first kappa shape index (κ1) is 21.0. The van der Waals surface area contributed by atoms with Gasteiger partial charge >= 0.3 is 7.82 Å². The molecule has 1 atom stereocenters. The molecule has 0 aromatic rings. The molecule has 0 aromatic carbocycles. The second kappa shape index (κ2) is 8.61. The molecule has 0 aliphatic heterocycles. The summed E-state index contributed by atoms with van der Waals surface area (Å²) < 4.78 is 28.6. The summed E-state index contributed by atoms with van der Waals surface area (Å²) in [7, 11) is 6.08. The van der Waals surface area contributed by atoms with Crippen LogP contribution in [-0.2, 0) is 18.1 Å². The van der Waals surface area contributed by atoms with Gasteiger partial charge in [-0.25, -0.2) is 4.57 Å². The minimum atomic E-state index is -3.43. The minimum absolute atomic E-state index is 0.223. The third-order valence-corrected chi connectivity index (χ3v) is 4.15. The van der Waals surface area contributed by atoms with Crippen LogP contribution in [-0.4, -0.2) is 77.5 Å². The van der Waals surface area contributed by atoms with Crippen molar-refractivity contribution in [3.63, 3.8) is 0 Å². The van der Waals surface area contributed by atoms with Crippen LogP contribution in [0, 0.1) is 5.41 Å². The first-order valence-corrected chi connectivity index (χ1v) is 8.77. The molecule has 0 spiro atoms. The van der Waals surface area contributed by atoms with E-state index in [0.29, 0.717) is 19.8 Å². The van der Waals surface area contributed by atoms with Crippen LogP contribution in [0.5, 0.6) is 0 Å². The lowest BCUT2D eigenvalue weighted by molar-refractivity contribution is -0.870. The Morgan fingerprint density at radius 3 is 2.05 bits per heavy atom. The fraction of sp³-hybridized carbons (Fsp3) is 1.00. The molecule has 0 radical (unpaired) electrons. The monoisotopic (exact) mass is 325 g/mol. The topological polar surface area (TPSA) is 48.0 Å². The van der Waals surface area contributed by atoms with E-state index in [0.717, 1.165) is 17.6 Å². The maximum atomic E-state index is 12.2. The maximum Gasteiger partial charge on any atom is 0.474 e. The Balaban J connectivity index is 4.10. The average molecular weight is 325 g/mol. The highest BCUT2D eigenvalue weighted by atomic mass is 31.2. The van der Waals surface area contributed by atoms with Crippen LogP contribution in [0.15, 0.2) is 0 Å². The van der Waals surface area contributed by atoms with Crippen LogP contribution in [0.25, 0.3) is 0 Å². The number of likely N-dealkylation sites (N-methyl/N-ethyl adjacent to an activating group) is 2. The summed E-state index contributed by atoms with van der Waals surface area (Å²) in [5.41, 5.74) is 0.223. The molecule has 0 aliphatic rings. The lowest BCUT2D eigenvalue weighted by Crippen LogP contribution is -2.37. The Morgan fingerprint density at radius 2 is 1.62 bits per heavy atom. The summed E-state index contributed by atoms with van der Waals surface area (Å²) in [6.07, 6.45) is 0. The SMILES string of the molecule is COP(=O)(OCCN(C)CC(C)(C)C)OCC[N+](C)(C)C. The van der Waals surface area contributed by atoms with Crippen LogP contribution < -0.4 is 0 Å². The molecule has 0 saturated carbocycles. The first-order chi connectivity index (χ1) is 9.37. The highest BCUT2D eigenvalue weighted by Crippen LogP contribution is 2.48. The van der Waals surface area contributed by atoms with Crippen molar-refractivity contribution in [2.75, 3.05) is 68.1 Å². The Labute approximate surface area is 130 Å². The molecule has 0 heterocycles. The Bertz CT molecular complexity index is 337. The van der Waals surface area contributed by atoms with Crippen LogP contribution in [0.3, 0.4) is 0 Å². The quantitative estimate of drug-likeness (QED) is 0.456. The van der Waals surface area contributed by atoms with Gasteiger partial charge in [0, 0.05) is 20.2 Å². The molecule has 0 aliphatic carbocycles. The van der Waals surface area contributed by atoms with Crippen molar-refractivity contribution in [1.82, 2.24) is 4.90 Å². The van der Waals surface area contributed by atoms with Gasteiger partial charge in [-0.1, -0.05) is 20.8 Å². The third-order valence-electron chi connectivity index (χ3n) is 2.70. The molecule has 21 heavy (non-hydrogen) atoms. The molecule has 128 valence electrons. The summed E-state index contributed by atoms with van der Waals surface area (Å²) >= 11 is 0. The second-order valence-corrected chi connectivity index (χ2v) is 9.38. The van der Waals surface area contributed by atoms with Gasteiger partial charge in [-0.15, -0.1) is 0 Å². The van der Waals surface area contributed by atoms with E-state index in [1.54, 1.807) is 0 Å². The number of nitrogens with zero attached hydrogens (tertiary/aromatic N) is 2. The fourth-order valence-electron chi connectivity index (χ4n) is 1.77. The van der Waals surface area contributed by atoms with Crippen molar-refractivity contribution < 1.29 is 22.6 Å². The molecule has 0 fully saturated rings. The van der Waals surface area contributed by atoms with Gasteiger partial charge in [0.15, 0.2) is 0 Å². The normalized spacial score (nSPS) is 16.2. The van der Waals surface area contributed by atoms with Crippen molar-refractivity contribution >= 4 is 7.82 Å². The third kappa shape index (κ3) is 12.3. The lowest BCUT2D eigenvalue weighted by Gasteiger charge is -2.27. The van der Waals surface area contributed by atoms with Crippen LogP contribution >= 0.6 is 7.82 Å². The van der Waals surface area contributed by atoms with E-state index in [9.17, 15) is 4.57 Å². The smallest absolute Gasteiger partial charge is 0.329 e. The van der Waals surface area contributed by atoms with Crippen molar-refractivity contribution in [3.05, 3.63) is 0 Å². The molecule has 0 saturated heterocycles. The van der Waals surface area contributed by atoms with Crippen LogP contribution in [0.1, 0.15) is 20.8 Å². The number of phosphoric ester groups is 1. The number of phosphoric acid groups is 1. The molecule has 1 unspecified atom stereocenters. The average Bonchev–Trinajstić information content (AvgIpc) is 2.24. The molecule has 7 heteroatoms. The highest BCUT2D eigenvalue weighted by Gasteiger charge is 2.26. The van der Waals surface area contributed by atoms with Gasteiger partial charge in [0.2, 0.25) is 0 Å². The zero-order chi connectivity index (χ0) is 16.7. The van der Waals surface area contributed by atoms with E-state index in [4.69, 9.17) is 13.6 Å². The minimum Gasteiger partial charge on any atom is -0.329 e. The molecule has 0 amide bonds. The Kier molecular flexibility index (Phi) is 8.62. The maximum absolute atomic E-state index is 12.2. The standard InChI is InChI=1S/C14H34N2O4P/c1-14(2,3)13-15(4)9-11-19-21(17,18-8)20-12-10-16(5,6)7/h9-13H2,1-8H3/q+1. The van der Waals surface area contributed by atoms with Crippen molar-refractivity contribution in [3.8, 4) is 0 Å². The van der Waals surface area contributed by atoms with E-state index in [1.807, 2.05) is 28.2 Å². The Morgan fingerprint density at radius 1 is 1.10 bits per heavy atom. The molecule has 0 rings (SSSR count). The number of hydrogen-bond donors (Lipinski definition) is 0. The van der Waals surface area contributed by atoms with E-state index >= 15 is 0 Å². The summed E-state index contributed by atoms with van der Waals surface area (Å²) in [4.78, 5) is 2.14. The van der Waals surface area contributed by atoms with Gasteiger partial charge in [-0.2, -0.15) is 0 Å². The first-order valence-electron chi connectivity index (χ1n) is 7.31. The van der Waals surface area contributed by atoms with E-state index in [2.05, 4.69) is 25.7 Å². The fourth-order valence-corrected chi connectivity index (χ4v) is 2.66. The van der Waals surface area contributed by atoms with Gasteiger partial charge in [0.25, 0.3) is 0 Å². The summed E-state index contributed by atoms with van der Waals surface area (Å²) in [5.74, 6) is 0. The number of quaternary nitrogens is 1. The van der Waals surface area contributed by atoms with Crippen LogP contribution in [0.4, 0.5) is 0 Å². The Hall–Kier alpha value is 0.0300. The van der Waals surface area contributed by atoms with Gasteiger partial charge in [0.1, 0.15) is 13.2 Å². The molecular weight excluding hydrogens is 291 g/mol. The zero-order valence-corrected chi connectivity index (χ0v) is 15.9. The van der Waals surface area contributed by atoms with Gasteiger partial charge in [-0.05, 0) is 12.5 Å². The van der Waals surface area contributed by atoms with E-state index < -0.39 is 7.82 Å². The predicted molar refractivity (Wildman–Crippen MR) is 86.4 cm³/mol. The summed E-state index contributed by atoms with van der Waals surface area (Å²) in [5, 5.41) is 0. The van der Waals surface area contributed by atoms with Crippen molar-refractivity contribution in [2.45, 2.75) is 20.8 Å². The van der Waals surface area contributed by atoms with Gasteiger partial charge < -0.3 is 9.38 Å². The van der Waals surface area contributed by atoms with Gasteiger partial charge in [-0.3, -0.25) is 13.6 Å². The predicted octanol–water partition coefficient (Wildman–Crippen LogP) is 2.46. The lowest BCUT2D eigenvalue weighted by atomic mass is 9.96. The summed E-state index contributed by atoms with van der Waals surface area (Å²) in [6, 6.07) is 0. The van der Waals surface area contributed by atoms with Gasteiger partial charge in [0.05, 0.1) is 27.7 Å². The largest absolute Gasteiger partial charge is 0.474 e. The zero-order valence-electron chi connectivity index (χ0n) is 15.0. The second-order valence-electron chi connectivity index (χ2n) is 7.61. The highest BCUT2D eigenvalue weighted by molar-refractivity contribution is 7.48.